The van der Waals surface area contributed by atoms with Gasteiger partial charge in [-0.3, -0.25) is 0 Å². The topological polar surface area (TPSA) is 94.1 Å². The van der Waals surface area contributed by atoms with E-state index < -0.39 is 5.09 Å². The highest BCUT2D eigenvalue weighted by Gasteiger charge is 1.99. The second-order valence-corrected chi connectivity index (χ2v) is 3.76. The molecule has 0 saturated heterocycles. The highest BCUT2D eigenvalue weighted by molar-refractivity contribution is 5.49. The molecule has 0 fully saturated rings. The minimum atomic E-state index is -1.50. The summed E-state index contributed by atoms with van der Waals surface area (Å²) in [6.45, 7) is 2.01. The Morgan fingerprint density at radius 2 is 2.05 bits per heavy atom. The van der Waals surface area contributed by atoms with Crippen LogP contribution in [0.3, 0.4) is 0 Å². The number of nitrogens with zero attached hydrogens (tertiary/aromatic N) is 4. The lowest BCUT2D eigenvalue weighted by molar-refractivity contribution is -0.742. The highest BCUT2D eigenvalue weighted by atomic mass is 19.1. The van der Waals surface area contributed by atoms with Gasteiger partial charge in [0.2, 0.25) is 0 Å². The Kier molecular flexibility index (Phi) is 5.82. The molecule has 0 amide bonds. The molecule has 0 spiro atoms. The first-order valence-corrected chi connectivity index (χ1v) is 5.60. The quantitative estimate of drug-likeness (QED) is 0.688. The first-order valence-electron chi connectivity index (χ1n) is 5.60. The zero-order valence-electron chi connectivity index (χ0n) is 10.6. The standard InChI is InChI=1S/C12H12FN3.HNO3/c1-10(16-9-14-8-15-16)2-3-11-4-6-12(13)7-5-11;2-1(3)4/h2-10H,1H3;(H,2,3,4). The van der Waals surface area contributed by atoms with Gasteiger partial charge in [0, 0.05) is 0 Å². The van der Waals surface area contributed by atoms with Crippen molar-refractivity contribution in [2.45, 2.75) is 13.0 Å². The molecular formula is C12H13FN4O3. The summed E-state index contributed by atoms with van der Waals surface area (Å²) in [7, 11) is 0. The van der Waals surface area contributed by atoms with Gasteiger partial charge in [-0.2, -0.15) is 5.10 Å². The van der Waals surface area contributed by atoms with Gasteiger partial charge in [0.15, 0.2) is 0 Å². The first kappa shape index (κ1) is 15.3. The monoisotopic (exact) mass is 280 g/mol. The average Bonchev–Trinajstić information content (AvgIpc) is 2.91. The van der Waals surface area contributed by atoms with E-state index in [-0.39, 0.29) is 11.9 Å². The van der Waals surface area contributed by atoms with Gasteiger partial charge in [-0.05, 0) is 24.6 Å². The molecule has 2 aromatic rings. The largest absolute Gasteiger partial charge is 0.328 e. The molecule has 0 aliphatic rings. The van der Waals surface area contributed by atoms with E-state index in [0.717, 1.165) is 5.56 Å². The molecule has 7 nitrogen and oxygen atoms in total. The van der Waals surface area contributed by atoms with Gasteiger partial charge in [-0.15, -0.1) is 10.1 Å². The fourth-order valence-electron chi connectivity index (χ4n) is 1.34. The molecule has 1 N–H and O–H groups in total. The Bertz CT molecular complexity index is 551. The van der Waals surface area contributed by atoms with Crippen LogP contribution >= 0.6 is 0 Å². The summed E-state index contributed by atoms with van der Waals surface area (Å²) in [6, 6.07) is 6.49. The number of halogens is 1. The summed E-state index contributed by atoms with van der Waals surface area (Å²) in [6.07, 6.45) is 7.09. The molecule has 8 heteroatoms. The molecule has 0 radical (unpaired) electrons. The normalized spacial score (nSPS) is 11.7. The predicted molar refractivity (Wildman–Crippen MR) is 68.9 cm³/mol. The van der Waals surface area contributed by atoms with Crippen LogP contribution in [0.5, 0.6) is 0 Å². The van der Waals surface area contributed by atoms with Crippen molar-refractivity contribution in [3.05, 3.63) is 64.5 Å². The third kappa shape index (κ3) is 5.71. The van der Waals surface area contributed by atoms with E-state index in [1.807, 2.05) is 19.1 Å². The maximum atomic E-state index is 12.7. The molecule has 1 aromatic carbocycles. The van der Waals surface area contributed by atoms with Crippen LogP contribution in [-0.2, 0) is 0 Å². The molecule has 2 rings (SSSR count). The van der Waals surface area contributed by atoms with Crippen molar-refractivity contribution >= 4 is 6.08 Å². The molecule has 1 aromatic heterocycles. The fourth-order valence-corrected chi connectivity index (χ4v) is 1.34. The van der Waals surface area contributed by atoms with Crippen molar-refractivity contribution in [3.63, 3.8) is 0 Å². The van der Waals surface area contributed by atoms with E-state index in [1.54, 1.807) is 23.1 Å². The zero-order valence-corrected chi connectivity index (χ0v) is 10.6. The van der Waals surface area contributed by atoms with Crippen molar-refractivity contribution in [1.82, 2.24) is 14.8 Å². The van der Waals surface area contributed by atoms with Gasteiger partial charge in [0.05, 0.1) is 6.04 Å². The predicted octanol–water partition coefficient (Wildman–Crippen LogP) is 2.34. The lowest BCUT2D eigenvalue weighted by Crippen LogP contribution is -2.01. The van der Waals surface area contributed by atoms with Crippen LogP contribution in [-0.4, -0.2) is 25.1 Å². The van der Waals surface area contributed by atoms with Crippen molar-refractivity contribution < 1.29 is 14.7 Å². The van der Waals surface area contributed by atoms with Gasteiger partial charge < -0.3 is 5.21 Å². The van der Waals surface area contributed by atoms with Crippen LogP contribution in [0, 0.1) is 15.9 Å². The summed E-state index contributed by atoms with van der Waals surface area (Å²) in [4.78, 5) is 12.2. The fraction of sp³-hybridized carbons (Fsp3) is 0.167. The Hall–Kier alpha value is -2.77. The summed E-state index contributed by atoms with van der Waals surface area (Å²) >= 11 is 0. The lowest BCUT2D eigenvalue weighted by Gasteiger charge is -2.04. The van der Waals surface area contributed by atoms with E-state index in [1.165, 1.54) is 18.5 Å². The van der Waals surface area contributed by atoms with Crippen molar-refractivity contribution in [3.8, 4) is 0 Å². The summed E-state index contributed by atoms with van der Waals surface area (Å²) in [5.74, 6) is -0.221. The van der Waals surface area contributed by atoms with Gasteiger partial charge in [-0.1, -0.05) is 24.3 Å². The number of rotatable bonds is 3. The molecule has 0 bridgehead atoms. The molecule has 1 unspecified atom stereocenters. The smallest absolute Gasteiger partial charge is 0.291 e. The molecule has 0 aliphatic carbocycles. The minimum Gasteiger partial charge on any atom is -0.328 e. The van der Waals surface area contributed by atoms with Crippen LogP contribution < -0.4 is 0 Å². The minimum absolute atomic E-state index is 0.132. The Morgan fingerprint density at radius 1 is 1.45 bits per heavy atom. The molecule has 1 atom stereocenters. The highest BCUT2D eigenvalue weighted by Crippen LogP contribution is 2.09. The number of hydrogen-bond acceptors (Lipinski definition) is 4. The molecule has 0 aliphatic heterocycles. The zero-order chi connectivity index (χ0) is 15.0. The van der Waals surface area contributed by atoms with Crippen molar-refractivity contribution in [2.24, 2.45) is 0 Å². The summed E-state index contributed by atoms with van der Waals surface area (Å²) < 4.78 is 14.4. The van der Waals surface area contributed by atoms with Crippen LogP contribution in [0.25, 0.3) is 6.08 Å². The number of hydrogen-bond donors (Lipinski definition) is 1. The van der Waals surface area contributed by atoms with Crippen LogP contribution in [0.1, 0.15) is 18.5 Å². The van der Waals surface area contributed by atoms with E-state index >= 15 is 0 Å². The molecule has 106 valence electrons. The van der Waals surface area contributed by atoms with E-state index in [2.05, 4.69) is 10.1 Å². The Labute approximate surface area is 114 Å². The Balaban J connectivity index is 0.000000444. The second kappa shape index (κ2) is 7.62. The molecule has 0 saturated carbocycles. The summed E-state index contributed by atoms with van der Waals surface area (Å²) in [5, 5.41) is 17.7. The van der Waals surface area contributed by atoms with Gasteiger partial charge >= 0.3 is 0 Å². The van der Waals surface area contributed by atoms with Crippen LogP contribution in [0.4, 0.5) is 4.39 Å². The first-order chi connectivity index (χ1) is 9.49. The average molecular weight is 280 g/mol. The van der Waals surface area contributed by atoms with Gasteiger partial charge in [0.1, 0.15) is 18.5 Å². The number of benzene rings is 1. The SMILES string of the molecule is CC(C=Cc1ccc(F)cc1)n1cncn1.O=[N+]([O-])O. The molecule has 1 heterocycles. The third-order valence-corrected chi connectivity index (χ3v) is 2.29. The lowest BCUT2D eigenvalue weighted by atomic mass is 10.2. The van der Waals surface area contributed by atoms with Crippen molar-refractivity contribution in [1.29, 1.82) is 0 Å². The van der Waals surface area contributed by atoms with E-state index in [9.17, 15) is 4.39 Å². The molecular weight excluding hydrogens is 267 g/mol. The third-order valence-electron chi connectivity index (χ3n) is 2.29. The maximum absolute atomic E-state index is 12.7. The van der Waals surface area contributed by atoms with E-state index in [4.69, 9.17) is 15.3 Å². The number of aromatic nitrogens is 3. The molecule has 20 heavy (non-hydrogen) atoms. The van der Waals surface area contributed by atoms with Crippen LogP contribution in [0.2, 0.25) is 0 Å². The van der Waals surface area contributed by atoms with Crippen LogP contribution in [0.15, 0.2) is 43.0 Å². The Morgan fingerprint density at radius 3 is 2.55 bits per heavy atom. The number of allylic oxidation sites excluding steroid dienone is 1. The van der Waals surface area contributed by atoms with Gasteiger partial charge in [0.25, 0.3) is 5.09 Å². The maximum Gasteiger partial charge on any atom is 0.291 e. The second-order valence-electron chi connectivity index (χ2n) is 3.76. The van der Waals surface area contributed by atoms with Gasteiger partial charge in [-0.25, -0.2) is 14.1 Å². The van der Waals surface area contributed by atoms with E-state index in [0.29, 0.717) is 0 Å². The van der Waals surface area contributed by atoms with Crippen molar-refractivity contribution in [2.75, 3.05) is 0 Å². The summed E-state index contributed by atoms with van der Waals surface area (Å²) in [5.41, 5.74) is 0.966.